The molecular formula is C12H21N3. The topological polar surface area (TPSA) is 29.9 Å². The molecule has 1 aliphatic heterocycles. The maximum absolute atomic E-state index is 4.30. The molecular weight excluding hydrogens is 186 g/mol. The van der Waals surface area contributed by atoms with Gasteiger partial charge in [-0.3, -0.25) is 0 Å². The van der Waals surface area contributed by atoms with Gasteiger partial charge in [-0.15, -0.1) is 0 Å². The molecule has 0 bridgehead atoms. The van der Waals surface area contributed by atoms with Crippen molar-refractivity contribution in [3.8, 4) is 0 Å². The second-order valence-corrected chi connectivity index (χ2v) is 5.44. The van der Waals surface area contributed by atoms with Gasteiger partial charge in [0.05, 0.1) is 6.33 Å². The van der Waals surface area contributed by atoms with E-state index in [-0.39, 0.29) is 5.41 Å². The number of nitrogens with zero attached hydrogens (tertiary/aromatic N) is 2. The van der Waals surface area contributed by atoms with Gasteiger partial charge in [0.25, 0.3) is 0 Å². The van der Waals surface area contributed by atoms with E-state index < -0.39 is 0 Å². The van der Waals surface area contributed by atoms with E-state index in [9.17, 15) is 0 Å². The van der Waals surface area contributed by atoms with Crippen molar-refractivity contribution in [3.63, 3.8) is 0 Å². The molecule has 1 aromatic heterocycles. The first-order chi connectivity index (χ1) is 7.09. The molecule has 0 aliphatic carbocycles. The lowest BCUT2D eigenvalue weighted by Crippen LogP contribution is -2.33. The highest BCUT2D eigenvalue weighted by Gasteiger charge is 2.23. The van der Waals surface area contributed by atoms with Crippen molar-refractivity contribution in [2.24, 2.45) is 0 Å². The Morgan fingerprint density at radius 1 is 1.47 bits per heavy atom. The van der Waals surface area contributed by atoms with Crippen LogP contribution in [0.5, 0.6) is 0 Å². The number of nitrogens with one attached hydrogen (secondary N) is 1. The Kier molecular flexibility index (Phi) is 2.83. The van der Waals surface area contributed by atoms with Crippen molar-refractivity contribution in [2.45, 2.75) is 45.1 Å². The van der Waals surface area contributed by atoms with Gasteiger partial charge in [0, 0.05) is 29.9 Å². The summed E-state index contributed by atoms with van der Waals surface area (Å²) in [5.41, 5.74) is 1.53. The predicted molar refractivity (Wildman–Crippen MR) is 62.1 cm³/mol. The molecule has 1 N–H and O–H groups in total. The standard InChI is InChI=1S/C12H21N3/c1-12(2,3)11-8-14-9-15(11)10-5-4-6-13-7-10/h8-10,13H,4-7H2,1-3H3. The monoisotopic (exact) mass is 207 g/mol. The lowest BCUT2D eigenvalue weighted by molar-refractivity contribution is 0.350. The van der Waals surface area contributed by atoms with Crippen LogP contribution in [0.3, 0.4) is 0 Å². The van der Waals surface area contributed by atoms with Gasteiger partial charge in [0.1, 0.15) is 0 Å². The third-order valence-electron chi connectivity index (χ3n) is 3.10. The molecule has 3 nitrogen and oxygen atoms in total. The Morgan fingerprint density at radius 2 is 2.27 bits per heavy atom. The average Bonchev–Trinajstić information content (AvgIpc) is 2.67. The highest BCUT2D eigenvalue weighted by molar-refractivity contribution is 5.12. The van der Waals surface area contributed by atoms with Crippen LogP contribution in [0.15, 0.2) is 12.5 Å². The number of rotatable bonds is 1. The number of hydrogen-bond acceptors (Lipinski definition) is 2. The largest absolute Gasteiger partial charge is 0.330 e. The summed E-state index contributed by atoms with van der Waals surface area (Å²) >= 11 is 0. The van der Waals surface area contributed by atoms with Crippen molar-refractivity contribution >= 4 is 0 Å². The van der Waals surface area contributed by atoms with Gasteiger partial charge < -0.3 is 9.88 Å². The Labute approximate surface area is 91.9 Å². The van der Waals surface area contributed by atoms with Crippen molar-refractivity contribution in [1.29, 1.82) is 0 Å². The van der Waals surface area contributed by atoms with Crippen molar-refractivity contribution < 1.29 is 0 Å². The van der Waals surface area contributed by atoms with Gasteiger partial charge in [-0.1, -0.05) is 20.8 Å². The second-order valence-electron chi connectivity index (χ2n) is 5.44. The highest BCUT2D eigenvalue weighted by atomic mass is 15.1. The second kappa shape index (κ2) is 3.97. The van der Waals surface area contributed by atoms with E-state index in [1.807, 2.05) is 12.5 Å². The maximum Gasteiger partial charge on any atom is 0.0951 e. The molecule has 1 aromatic rings. The minimum atomic E-state index is 0.188. The molecule has 1 saturated heterocycles. The molecule has 1 fully saturated rings. The van der Waals surface area contributed by atoms with E-state index in [1.54, 1.807) is 0 Å². The molecule has 0 radical (unpaired) electrons. The molecule has 0 amide bonds. The van der Waals surface area contributed by atoms with E-state index in [4.69, 9.17) is 0 Å². The Balaban J connectivity index is 2.24. The fourth-order valence-corrected chi connectivity index (χ4v) is 2.25. The molecule has 1 atom stereocenters. The maximum atomic E-state index is 4.30. The highest BCUT2D eigenvalue weighted by Crippen LogP contribution is 2.26. The predicted octanol–water partition coefficient (Wildman–Crippen LogP) is 2.11. The Morgan fingerprint density at radius 3 is 2.87 bits per heavy atom. The third-order valence-corrected chi connectivity index (χ3v) is 3.10. The Bertz CT molecular complexity index is 316. The summed E-state index contributed by atoms with van der Waals surface area (Å²) in [6.07, 6.45) is 6.53. The summed E-state index contributed by atoms with van der Waals surface area (Å²) in [5, 5.41) is 3.45. The van der Waals surface area contributed by atoms with Crippen LogP contribution < -0.4 is 5.32 Å². The van der Waals surface area contributed by atoms with Crippen LogP contribution in [0.4, 0.5) is 0 Å². The Hall–Kier alpha value is -0.830. The fourth-order valence-electron chi connectivity index (χ4n) is 2.25. The van der Waals surface area contributed by atoms with Crippen molar-refractivity contribution in [3.05, 3.63) is 18.2 Å². The van der Waals surface area contributed by atoms with Gasteiger partial charge in [0.2, 0.25) is 0 Å². The number of aromatic nitrogens is 2. The molecule has 84 valence electrons. The van der Waals surface area contributed by atoms with Gasteiger partial charge in [-0.2, -0.15) is 0 Å². The molecule has 1 aliphatic rings. The summed E-state index contributed by atoms with van der Waals surface area (Å²) in [7, 11) is 0. The smallest absolute Gasteiger partial charge is 0.0951 e. The number of piperidine rings is 1. The van der Waals surface area contributed by atoms with E-state index in [0.717, 1.165) is 13.1 Å². The first-order valence-corrected chi connectivity index (χ1v) is 5.82. The summed E-state index contributed by atoms with van der Waals surface area (Å²) in [6, 6.07) is 0.593. The molecule has 15 heavy (non-hydrogen) atoms. The molecule has 3 heteroatoms. The van der Waals surface area contributed by atoms with E-state index in [0.29, 0.717) is 6.04 Å². The zero-order valence-electron chi connectivity index (χ0n) is 9.95. The molecule has 2 heterocycles. The van der Waals surface area contributed by atoms with E-state index in [2.05, 4.69) is 35.6 Å². The van der Waals surface area contributed by atoms with Crippen LogP contribution in [0.1, 0.15) is 45.3 Å². The summed E-state index contributed by atoms with van der Waals surface area (Å²) in [4.78, 5) is 4.30. The van der Waals surface area contributed by atoms with Crippen LogP contribution in [0, 0.1) is 0 Å². The summed E-state index contributed by atoms with van der Waals surface area (Å²) < 4.78 is 2.35. The van der Waals surface area contributed by atoms with Gasteiger partial charge in [-0.25, -0.2) is 4.98 Å². The quantitative estimate of drug-likeness (QED) is 0.764. The van der Waals surface area contributed by atoms with Crippen LogP contribution in [0.2, 0.25) is 0 Å². The summed E-state index contributed by atoms with van der Waals surface area (Å²) in [6.45, 7) is 8.99. The minimum Gasteiger partial charge on any atom is -0.330 e. The molecule has 1 unspecified atom stereocenters. The number of imidazole rings is 1. The number of hydrogen-bond donors (Lipinski definition) is 1. The van der Waals surface area contributed by atoms with Crippen LogP contribution >= 0.6 is 0 Å². The molecule has 0 saturated carbocycles. The van der Waals surface area contributed by atoms with Crippen molar-refractivity contribution in [1.82, 2.24) is 14.9 Å². The fraction of sp³-hybridized carbons (Fsp3) is 0.750. The van der Waals surface area contributed by atoms with Crippen molar-refractivity contribution in [2.75, 3.05) is 13.1 Å². The zero-order chi connectivity index (χ0) is 10.9. The first-order valence-electron chi connectivity index (χ1n) is 5.82. The third kappa shape index (κ3) is 2.23. The van der Waals surface area contributed by atoms with E-state index >= 15 is 0 Å². The van der Waals surface area contributed by atoms with Crippen LogP contribution in [0.25, 0.3) is 0 Å². The van der Waals surface area contributed by atoms with Gasteiger partial charge in [-0.05, 0) is 19.4 Å². The van der Waals surface area contributed by atoms with Gasteiger partial charge in [0.15, 0.2) is 0 Å². The molecule has 0 spiro atoms. The zero-order valence-corrected chi connectivity index (χ0v) is 9.95. The lowest BCUT2D eigenvalue weighted by Gasteiger charge is -2.29. The van der Waals surface area contributed by atoms with Gasteiger partial charge >= 0.3 is 0 Å². The van der Waals surface area contributed by atoms with E-state index in [1.165, 1.54) is 18.5 Å². The first kappa shape index (κ1) is 10.7. The van der Waals surface area contributed by atoms with Crippen LogP contribution in [-0.2, 0) is 5.41 Å². The molecule has 0 aromatic carbocycles. The molecule has 2 rings (SSSR count). The lowest BCUT2D eigenvalue weighted by atomic mass is 9.92. The minimum absolute atomic E-state index is 0.188. The SMILES string of the molecule is CC(C)(C)c1cncn1C1CCCNC1. The normalized spacial score (nSPS) is 23.0. The average molecular weight is 207 g/mol. The summed E-state index contributed by atoms with van der Waals surface area (Å²) in [5.74, 6) is 0. The van der Waals surface area contributed by atoms with Crippen LogP contribution in [-0.4, -0.2) is 22.6 Å².